The highest BCUT2D eigenvalue weighted by atomic mass is 32.2. The summed E-state index contributed by atoms with van der Waals surface area (Å²) in [6.07, 6.45) is 4.25. The molecule has 0 unspecified atom stereocenters. The Morgan fingerprint density at radius 3 is 2.70 bits per heavy atom. The molecule has 5 nitrogen and oxygen atoms in total. The van der Waals surface area contributed by atoms with E-state index in [4.69, 9.17) is 0 Å². The van der Waals surface area contributed by atoms with Gasteiger partial charge in [-0.1, -0.05) is 30.3 Å². The second-order valence-corrected chi connectivity index (χ2v) is 7.65. The molecule has 2 atom stereocenters. The van der Waals surface area contributed by atoms with Gasteiger partial charge in [0.1, 0.15) is 4.90 Å². The fourth-order valence-corrected chi connectivity index (χ4v) is 4.73. The van der Waals surface area contributed by atoms with Crippen molar-refractivity contribution < 1.29 is 13.5 Å². The maximum absolute atomic E-state index is 12.8. The van der Waals surface area contributed by atoms with Gasteiger partial charge in [-0.25, -0.2) is 8.42 Å². The maximum Gasteiger partial charge on any atom is 0.244 e. The molecule has 0 spiro atoms. The Hall–Kier alpha value is -1.76. The molecular weight excluding hydrogens is 312 g/mol. The monoisotopic (exact) mass is 332 g/mol. The molecule has 1 aliphatic heterocycles. The van der Waals surface area contributed by atoms with Crippen molar-refractivity contribution in [3.63, 3.8) is 0 Å². The smallest absolute Gasteiger partial charge is 0.244 e. The number of hydrogen-bond acceptors (Lipinski definition) is 4. The van der Waals surface area contributed by atoms with E-state index < -0.39 is 16.1 Å². The van der Waals surface area contributed by atoms with Crippen molar-refractivity contribution in [3.05, 3.63) is 60.4 Å². The standard InChI is InChI=1S/C17H20N2O3S/c20-17(14-6-2-1-3-7-14)12-15-8-5-11-19(15)23(21,22)16-9-4-10-18-13-16/h1-4,6-7,9-10,13,15,17,20H,5,8,11-12H2/t15-,17-/m1/s1. The number of sulfonamides is 1. The molecule has 1 N–H and O–H groups in total. The van der Waals surface area contributed by atoms with E-state index >= 15 is 0 Å². The summed E-state index contributed by atoms with van der Waals surface area (Å²) in [5.74, 6) is 0. The van der Waals surface area contributed by atoms with Crippen molar-refractivity contribution in [1.82, 2.24) is 9.29 Å². The molecular formula is C17H20N2O3S. The van der Waals surface area contributed by atoms with E-state index in [1.165, 1.54) is 10.5 Å². The molecule has 6 heteroatoms. The normalized spacial score (nSPS) is 20.5. The number of hydrogen-bond donors (Lipinski definition) is 1. The number of nitrogens with zero attached hydrogens (tertiary/aromatic N) is 2. The van der Waals surface area contributed by atoms with E-state index in [1.54, 1.807) is 18.3 Å². The van der Waals surface area contributed by atoms with Gasteiger partial charge in [-0.3, -0.25) is 4.98 Å². The lowest BCUT2D eigenvalue weighted by Gasteiger charge is -2.26. The summed E-state index contributed by atoms with van der Waals surface area (Å²) in [5, 5.41) is 10.4. The van der Waals surface area contributed by atoms with E-state index in [-0.39, 0.29) is 10.9 Å². The second kappa shape index (κ2) is 6.78. The van der Waals surface area contributed by atoms with Gasteiger partial charge in [-0.2, -0.15) is 4.31 Å². The van der Waals surface area contributed by atoms with Crippen molar-refractivity contribution in [2.75, 3.05) is 6.54 Å². The van der Waals surface area contributed by atoms with Gasteiger partial charge in [-0.05, 0) is 37.0 Å². The molecule has 23 heavy (non-hydrogen) atoms. The van der Waals surface area contributed by atoms with Gasteiger partial charge >= 0.3 is 0 Å². The van der Waals surface area contributed by atoms with Crippen LogP contribution in [0.1, 0.15) is 30.9 Å². The van der Waals surface area contributed by atoms with Crippen LogP contribution in [-0.4, -0.2) is 35.4 Å². The number of pyridine rings is 1. The summed E-state index contributed by atoms with van der Waals surface area (Å²) < 4.78 is 27.0. The topological polar surface area (TPSA) is 70.5 Å². The molecule has 0 amide bonds. The van der Waals surface area contributed by atoms with E-state index in [1.807, 2.05) is 30.3 Å². The first-order valence-electron chi connectivity index (χ1n) is 7.74. The SMILES string of the molecule is O=S(=O)(c1cccnc1)N1CCC[C@@H]1C[C@@H](O)c1ccccc1. The third kappa shape index (κ3) is 3.44. The van der Waals surface area contributed by atoms with Gasteiger partial charge in [0.05, 0.1) is 6.10 Å². The molecule has 0 saturated carbocycles. The Morgan fingerprint density at radius 1 is 1.22 bits per heavy atom. The number of rotatable bonds is 5. The predicted molar refractivity (Wildman–Crippen MR) is 87.2 cm³/mol. The predicted octanol–water partition coefficient (Wildman–Crippen LogP) is 2.36. The molecule has 3 rings (SSSR count). The second-order valence-electron chi connectivity index (χ2n) is 5.76. The fraction of sp³-hybridized carbons (Fsp3) is 0.353. The highest BCUT2D eigenvalue weighted by molar-refractivity contribution is 7.89. The van der Waals surface area contributed by atoms with Crippen LogP contribution in [-0.2, 0) is 10.0 Å². The van der Waals surface area contributed by atoms with Gasteiger partial charge in [0.2, 0.25) is 10.0 Å². The lowest BCUT2D eigenvalue weighted by Crippen LogP contribution is -2.36. The quantitative estimate of drug-likeness (QED) is 0.912. The average Bonchev–Trinajstić information content (AvgIpc) is 3.05. The van der Waals surface area contributed by atoms with E-state index in [0.29, 0.717) is 13.0 Å². The lowest BCUT2D eigenvalue weighted by molar-refractivity contribution is 0.142. The minimum atomic E-state index is -3.56. The molecule has 2 aromatic rings. The van der Waals surface area contributed by atoms with Crippen molar-refractivity contribution >= 4 is 10.0 Å². The Balaban J connectivity index is 1.78. The third-order valence-corrected chi connectivity index (χ3v) is 6.18. The van der Waals surface area contributed by atoms with E-state index in [2.05, 4.69) is 4.98 Å². The Morgan fingerprint density at radius 2 is 2.00 bits per heavy atom. The zero-order valence-corrected chi connectivity index (χ0v) is 13.6. The van der Waals surface area contributed by atoms with Crippen LogP contribution in [0.5, 0.6) is 0 Å². The molecule has 1 aromatic carbocycles. The van der Waals surface area contributed by atoms with Crippen LogP contribution in [0.15, 0.2) is 59.8 Å². The van der Waals surface area contributed by atoms with E-state index in [0.717, 1.165) is 18.4 Å². The van der Waals surface area contributed by atoms with Gasteiger partial charge in [0, 0.05) is 25.0 Å². The summed E-state index contributed by atoms with van der Waals surface area (Å²) in [5.41, 5.74) is 0.818. The lowest BCUT2D eigenvalue weighted by atomic mass is 10.0. The maximum atomic E-state index is 12.8. The number of aromatic nitrogens is 1. The molecule has 122 valence electrons. The van der Waals surface area contributed by atoms with Crippen LogP contribution in [0.2, 0.25) is 0 Å². The highest BCUT2D eigenvalue weighted by Gasteiger charge is 2.36. The zero-order chi connectivity index (χ0) is 16.3. The molecule has 1 saturated heterocycles. The Bertz CT molecular complexity index is 735. The van der Waals surface area contributed by atoms with Gasteiger partial charge in [-0.15, -0.1) is 0 Å². The molecule has 1 fully saturated rings. The highest BCUT2D eigenvalue weighted by Crippen LogP contribution is 2.31. The summed E-state index contributed by atoms with van der Waals surface area (Å²) in [7, 11) is -3.56. The minimum absolute atomic E-state index is 0.185. The first-order valence-corrected chi connectivity index (χ1v) is 9.18. The van der Waals surface area contributed by atoms with Gasteiger partial charge in [0.25, 0.3) is 0 Å². The molecule has 1 aliphatic rings. The van der Waals surface area contributed by atoms with Crippen LogP contribution >= 0.6 is 0 Å². The number of aliphatic hydroxyl groups is 1. The summed E-state index contributed by atoms with van der Waals surface area (Å²) >= 11 is 0. The summed E-state index contributed by atoms with van der Waals surface area (Å²) in [6, 6.07) is 12.4. The summed E-state index contributed by atoms with van der Waals surface area (Å²) in [4.78, 5) is 4.11. The fourth-order valence-electron chi connectivity index (χ4n) is 3.07. The Labute approximate surface area is 136 Å². The van der Waals surface area contributed by atoms with Crippen LogP contribution in [0.4, 0.5) is 0 Å². The Kier molecular flexibility index (Phi) is 4.75. The van der Waals surface area contributed by atoms with Crippen molar-refractivity contribution in [3.8, 4) is 0 Å². The molecule has 0 radical (unpaired) electrons. The van der Waals surface area contributed by atoms with Gasteiger partial charge in [0.15, 0.2) is 0 Å². The number of aliphatic hydroxyl groups excluding tert-OH is 1. The van der Waals surface area contributed by atoms with Crippen LogP contribution in [0, 0.1) is 0 Å². The van der Waals surface area contributed by atoms with Crippen LogP contribution in [0.25, 0.3) is 0 Å². The molecule has 0 bridgehead atoms. The first-order chi connectivity index (χ1) is 11.1. The minimum Gasteiger partial charge on any atom is -0.388 e. The van der Waals surface area contributed by atoms with Crippen LogP contribution < -0.4 is 0 Å². The van der Waals surface area contributed by atoms with Crippen molar-refractivity contribution in [2.24, 2.45) is 0 Å². The number of benzene rings is 1. The average molecular weight is 332 g/mol. The molecule has 0 aliphatic carbocycles. The van der Waals surface area contributed by atoms with Crippen molar-refractivity contribution in [2.45, 2.75) is 36.3 Å². The van der Waals surface area contributed by atoms with Gasteiger partial charge < -0.3 is 5.11 Å². The van der Waals surface area contributed by atoms with Crippen LogP contribution in [0.3, 0.4) is 0 Å². The largest absolute Gasteiger partial charge is 0.388 e. The third-order valence-electron chi connectivity index (χ3n) is 4.24. The van der Waals surface area contributed by atoms with E-state index in [9.17, 15) is 13.5 Å². The summed E-state index contributed by atoms with van der Waals surface area (Å²) in [6.45, 7) is 0.489. The molecule has 1 aromatic heterocycles. The van der Waals surface area contributed by atoms with Crippen molar-refractivity contribution in [1.29, 1.82) is 0 Å². The zero-order valence-electron chi connectivity index (χ0n) is 12.7. The molecule has 2 heterocycles. The first kappa shape index (κ1) is 16.1.